The minimum atomic E-state index is -0.682. The van der Waals surface area contributed by atoms with Crippen LogP contribution in [0.25, 0.3) is 0 Å². The number of aryl methyl sites for hydroxylation is 1. The number of benzene rings is 1. The summed E-state index contributed by atoms with van der Waals surface area (Å²) in [6.07, 6.45) is 1.77. The highest BCUT2D eigenvalue weighted by Crippen LogP contribution is 2.24. The quantitative estimate of drug-likeness (QED) is 0.889. The smallest absolute Gasteiger partial charge is 0.273 e. The molecule has 0 saturated carbocycles. The van der Waals surface area contributed by atoms with Gasteiger partial charge in [0.25, 0.3) is 5.91 Å². The molecule has 0 bridgehead atoms. The van der Waals surface area contributed by atoms with Crippen LogP contribution >= 0.6 is 0 Å². The lowest BCUT2D eigenvalue weighted by Gasteiger charge is -2.20. The number of nitrogens with zero attached hydrogens (tertiary/aromatic N) is 3. The molecule has 0 spiro atoms. The number of anilines is 2. The van der Waals surface area contributed by atoms with Gasteiger partial charge in [-0.05, 0) is 36.8 Å². The van der Waals surface area contributed by atoms with Gasteiger partial charge in [-0.25, -0.2) is 4.98 Å². The van der Waals surface area contributed by atoms with Crippen LogP contribution in [0.5, 0.6) is 0 Å². The molecule has 0 aliphatic carbocycles. The first-order valence-electron chi connectivity index (χ1n) is 7.49. The van der Waals surface area contributed by atoms with E-state index < -0.39 is 17.9 Å². The van der Waals surface area contributed by atoms with Crippen LogP contribution in [0.2, 0.25) is 0 Å². The number of nitrogens with two attached hydrogens (primary N) is 1. The van der Waals surface area contributed by atoms with E-state index >= 15 is 0 Å². The number of para-hydroxylation sites is 1. The van der Waals surface area contributed by atoms with E-state index in [0.29, 0.717) is 11.5 Å². The van der Waals surface area contributed by atoms with E-state index in [1.807, 2.05) is 43.3 Å². The van der Waals surface area contributed by atoms with E-state index in [0.717, 1.165) is 5.56 Å². The first-order valence-corrected chi connectivity index (χ1v) is 7.49. The fourth-order valence-electron chi connectivity index (χ4n) is 2.48. The summed E-state index contributed by atoms with van der Waals surface area (Å²) in [5, 5.41) is 8.47. The molecule has 0 saturated heterocycles. The van der Waals surface area contributed by atoms with Gasteiger partial charge in [-0.3, -0.25) is 14.6 Å². The van der Waals surface area contributed by atoms with E-state index in [1.54, 1.807) is 12.3 Å². The molecule has 1 atom stereocenters. The second kappa shape index (κ2) is 6.49. The van der Waals surface area contributed by atoms with Crippen LogP contribution < -0.4 is 16.1 Å². The number of hydrogen-bond donors (Lipinski definition) is 2. The number of hydrazone groups is 1. The summed E-state index contributed by atoms with van der Waals surface area (Å²) < 4.78 is 0. The highest BCUT2D eigenvalue weighted by Gasteiger charge is 2.34. The number of nitrogens with one attached hydrogen (secondary N) is 1. The third-order valence-electron chi connectivity index (χ3n) is 3.68. The molecule has 3 N–H and O–H groups in total. The molecule has 1 aliphatic heterocycles. The number of hydrogen-bond acceptors (Lipinski definition) is 5. The lowest BCUT2D eigenvalue weighted by atomic mass is 10.1. The minimum Gasteiger partial charge on any atom is -0.368 e. The van der Waals surface area contributed by atoms with Gasteiger partial charge in [0.05, 0.1) is 5.69 Å². The fourth-order valence-corrected chi connectivity index (χ4v) is 2.48. The molecule has 0 unspecified atom stereocenters. The van der Waals surface area contributed by atoms with Crippen LogP contribution in [0.15, 0.2) is 53.8 Å². The summed E-state index contributed by atoms with van der Waals surface area (Å²) in [5.41, 5.74) is 7.39. The van der Waals surface area contributed by atoms with Crippen molar-refractivity contribution in [3.8, 4) is 0 Å². The molecule has 24 heavy (non-hydrogen) atoms. The molecule has 1 aromatic heterocycles. The second-order valence-corrected chi connectivity index (χ2v) is 5.52. The monoisotopic (exact) mass is 323 g/mol. The molecule has 0 fully saturated rings. The first-order chi connectivity index (χ1) is 11.5. The van der Waals surface area contributed by atoms with Crippen LogP contribution in [-0.4, -0.2) is 28.6 Å². The maximum atomic E-state index is 12.4. The van der Waals surface area contributed by atoms with Crippen LogP contribution in [0.4, 0.5) is 11.5 Å². The number of amides is 2. The van der Waals surface area contributed by atoms with Crippen molar-refractivity contribution in [2.24, 2.45) is 10.8 Å². The Morgan fingerprint density at radius 1 is 1.25 bits per heavy atom. The summed E-state index contributed by atoms with van der Waals surface area (Å²) in [7, 11) is 0. The van der Waals surface area contributed by atoms with Gasteiger partial charge in [0, 0.05) is 12.6 Å². The first kappa shape index (κ1) is 15.7. The maximum absolute atomic E-state index is 12.4. The lowest BCUT2D eigenvalue weighted by Crippen LogP contribution is -2.39. The van der Waals surface area contributed by atoms with Gasteiger partial charge in [-0.1, -0.05) is 18.2 Å². The lowest BCUT2D eigenvalue weighted by molar-refractivity contribution is -0.119. The van der Waals surface area contributed by atoms with Crippen molar-refractivity contribution in [1.29, 1.82) is 0 Å². The average molecular weight is 323 g/mol. The van der Waals surface area contributed by atoms with E-state index in [-0.39, 0.29) is 12.1 Å². The summed E-state index contributed by atoms with van der Waals surface area (Å²) >= 11 is 0. The van der Waals surface area contributed by atoms with Gasteiger partial charge < -0.3 is 11.1 Å². The van der Waals surface area contributed by atoms with Crippen molar-refractivity contribution < 1.29 is 9.59 Å². The van der Waals surface area contributed by atoms with Crippen molar-refractivity contribution in [3.05, 3.63) is 54.2 Å². The molecule has 122 valence electrons. The Kier molecular flexibility index (Phi) is 4.24. The average Bonchev–Trinajstić information content (AvgIpc) is 3.01. The number of primary amides is 1. The van der Waals surface area contributed by atoms with Gasteiger partial charge in [0.1, 0.15) is 17.6 Å². The second-order valence-electron chi connectivity index (χ2n) is 5.52. The molecule has 2 heterocycles. The third kappa shape index (κ3) is 3.24. The van der Waals surface area contributed by atoms with Crippen molar-refractivity contribution in [2.45, 2.75) is 19.4 Å². The Bertz CT molecular complexity index is 804. The summed E-state index contributed by atoms with van der Waals surface area (Å²) in [6, 6.07) is 12.1. The molecule has 7 nitrogen and oxygen atoms in total. The van der Waals surface area contributed by atoms with Gasteiger partial charge >= 0.3 is 0 Å². The zero-order valence-corrected chi connectivity index (χ0v) is 13.1. The highest BCUT2D eigenvalue weighted by molar-refractivity contribution is 6.44. The summed E-state index contributed by atoms with van der Waals surface area (Å²) in [5.74, 6) is -0.478. The predicted octanol–water partition coefficient (Wildman–Crippen LogP) is 1.45. The normalized spacial score (nSPS) is 16.6. The Morgan fingerprint density at radius 3 is 2.67 bits per heavy atom. The Hall–Kier alpha value is -3.22. The molecule has 1 aromatic carbocycles. The number of rotatable bonds is 4. The zero-order valence-electron chi connectivity index (χ0n) is 13.1. The molecule has 7 heteroatoms. The number of aromatic nitrogens is 1. The predicted molar refractivity (Wildman–Crippen MR) is 91.6 cm³/mol. The van der Waals surface area contributed by atoms with E-state index in [9.17, 15) is 9.59 Å². The SMILES string of the molecule is Cc1ccnc(NC(=O)C2=NN(c3ccccc3)[C@H](C(N)=O)C2)c1. The van der Waals surface area contributed by atoms with Crippen LogP contribution in [0.1, 0.15) is 12.0 Å². The maximum Gasteiger partial charge on any atom is 0.273 e. The Balaban J connectivity index is 1.82. The van der Waals surface area contributed by atoms with Crippen LogP contribution in [0, 0.1) is 6.92 Å². The van der Waals surface area contributed by atoms with Gasteiger partial charge in [0.2, 0.25) is 5.91 Å². The standard InChI is InChI=1S/C17H17N5O2/c1-11-7-8-19-15(9-11)20-17(24)13-10-14(16(18)23)22(21-13)12-5-3-2-4-6-12/h2-9,14H,10H2,1H3,(H2,18,23)(H,19,20,24)/t14-/m0/s1. The van der Waals surface area contributed by atoms with Crippen LogP contribution in [0.3, 0.4) is 0 Å². The molecule has 0 radical (unpaired) electrons. The highest BCUT2D eigenvalue weighted by atomic mass is 16.2. The topological polar surface area (TPSA) is 101 Å². The summed E-state index contributed by atoms with van der Waals surface area (Å²) in [6.45, 7) is 1.91. The fraction of sp³-hybridized carbons (Fsp3) is 0.176. The van der Waals surface area contributed by atoms with Crippen molar-refractivity contribution in [3.63, 3.8) is 0 Å². The number of carbonyl (C=O) groups excluding carboxylic acids is 2. The molecular weight excluding hydrogens is 306 g/mol. The van der Waals surface area contributed by atoms with E-state index in [1.165, 1.54) is 5.01 Å². The number of pyridine rings is 1. The molecule has 1 aliphatic rings. The molecule has 3 rings (SSSR count). The molecule has 2 amide bonds. The van der Waals surface area contributed by atoms with E-state index in [2.05, 4.69) is 15.4 Å². The van der Waals surface area contributed by atoms with Crippen LogP contribution in [-0.2, 0) is 9.59 Å². The zero-order chi connectivity index (χ0) is 17.1. The minimum absolute atomic E-state index is 0.155. The van der Waals surface area contributed by atoms with Gasteiger partial charge in [0.15, 0.2) is 0 Å². The van der Waals surface area contributed by atoms with Crippen molar-refractivity contribution >= 4 is 29.0 Å². The van der Waals surface area contributed by atoms with Gasteiger partial charge in [-0.15, -0.1) is 0 Å². The largest absolute Gasteiger partial charge is 0.368 e. The molecular formula is C17H17N5O2. The molecule has 2 aromatic rings. The van der Waals surface area contributed by atoms with Gasteiger partial charge in [-0.2, -0.15) is 5.10 Å². The van der Waals surface area contributed by atoms with Crippen molar-refractivity contribution in [2.75, 3.05) is 10.3 Å². The summed E-state index contributed by atoms with van der Waals surface area (Å²) in [4.78, 5) is 28.2. The number of carbonyl (C=O) groups is 2. The Morgan fingerprint density at radius 2 is 2.00 bits per heavy atom. The van der Waals surface area contributed by atoms with Crippen molar-refractivity contribution in [1.82, 2.24) is 4.98 Å². The third-order valence-corrected chi connectivity index (χ3v) is 3.68. The van der Waals surface area contributed by atoms with E-state index in [4.69, 9.17) is 5.73 Å². The Labute approximate surface area is 139 Å².